The molecule has 140 valence electrons. The fourth-order valence-electron chi connectivity index (χ4n) is 2.74. The first-order valence-corrected chi connectivity index (χ1v) is 9.13. The zero-order valence-corrected chi connectivity index (χ0v) is 16.7. The van der Waals surface area contributed by atoms with Crippen molar-refractivity contribution in [1.82, 2.24) is 4.90 Å². The van der Waals surface area contributed by atoms with Crippen molar-refractivity contribution < 1.29 is 14.3 Å². The van der Waals surface area contributed by atoms with Crippen LogP contribution in [0.2, 0.25) is 5.02 Å². The van der Waals surface area contributed by atoms with Crippen LogP contribution < -0.4 is 9.64 Å². The Morgan fingerprint density at radius 1 is 1.12 bits per heavy atom. The number of rotatable bonds is 9. The molecule has 0 saturated heterocycles. The molecule has 0 aliphatic carbocycles. The van der Waals surface area contributed by atoms with Crippen LogP contribution in [0.5, 0.6) is 5.75 Å². The van der Waals surface area contributed by atoms with Crippen LogP contribution in [0.1, 0.15) is 45.6 Å². The number of methoxy groups -OCH3 is 1. The van der Waals surface area contributed by atoms with E-state index in [0.717, 1.165) is 31.5 Å². The van der Waals surface area contributed by atoms with Gasteiger partial charge in [0.1, 0.15) is 5.75 Å². The Kier molecular flexibility index (Phi) is 8.76. The SMILES string of the molecule is CCCN(CCC)C(=O)CCN(C(C)=O)c1cc(C)c(Cl)cc1OC. The molecule has 25 heavy (non-hydrogen) atoms. The van der Waals surface area contributed by atoms with Crippen LogP contribution in [-0.2, 0) is 9.59 Å². The van der Waals surface area contributed by atoms with Gasteiger partial charge in [-0.2, -0.15) is 0 Å². The Labute approximate surface area is 155 Å². The third kappa shape index (κ3) is 5.92. The van der Waals surface area contributed by atoms with E-state index in [1.807, 2.05) is 17.9 Å². The summed E-state index contributed by atoms with van der Waals surface area (Å²) in [5.41, 5.74) is 1.50. The van der Waals surface area contributed by atoms with Gasteiger partial charge in [-0.3, -0.25) is 9.59 Å². The number of aryl methyl sites for hydroxylation is 1. The molecule has 0 spiro atoms. The van der Waals surface area contributed by atoms with Crippen LogP contribution in [0.25, 0.3) is 0 Å². The molecule has 1 rings (SSSR count). The summed E-state index contributed by atoms with van der Waals surface area (Å²) in [6.45, 7) is 9.28. The van der Waals surface area contributed by atoms with Crippen molar-refractivity contribution in [2.75, 3.05) is 31.6 Å². The maximum atomic E-state index is 12.5. The fraction of sp³-hybridized carbons (Fsp3) is 0.579. The van der Waals surface area contributed by atoms with Crippen LogP contribution >= 0.6 is 11.6 Å². The zero-order valence-electron chi connectivity index (χ0n) is 15.9. The van der Waals surface area contributed by atoms with E-state index in [9.17, 15) is 9.59 Å². The van der Waals surface area contributed by atoms with E-state index in [1.54, 1.807) is 11.0 Å². The first-order valence-electron chi connectivity index (χ1n) is 8.75. The molecule has 0 heterocycles. The summed E-state index contributed by atoms with van der Waals surface area (Å²) in [6.07, 6.45) is 2.13. The number of halogens is 1. The minimum Gasteiger partial charge on any atom is -0.495 e. The molecule has 0 radical (unpaired) electrons. The number of amides is 2. The van der Waals surface area contributed by atoms with Crippen molar-refractivity contribution in [3.63, 3.8) is 0 Å². The lowest BCUT2D eigenvalue weighted by Gasteiger charge is -2.26. The molecular weight excluding hydrogens is 340 g/mol. The molecule has 2 amide bonds. The van der Waals surface area contributed by atoms with Crippen LogP contribution in [0.15, 0.2) is 12.1 Å². The number of hydrogen-bond acceptors (Lipinski definition) is 3. The van der Waals surface area contributed by atoms with Crippen molar-refractivity contribution in [3.05, 3.63) is 22.7 Å². The number of carbonyl (C=O) groups is 2. The van der Waals surface area contributed by atoms with Crippen molar-refractivity contribution >= 4 is 29.1 Å². The molecular formula is C19H29ClN2O3. The van der Waals surface area contributed by atoms with Crippen LogP contribution in [-0.4, -0.2) is 43.5 Å². The van der Waals surface area contributed by atoms with Crippen molar-refractivity contribution in [2.45, 2.75) is 47.0 Å². The summed E-state index contributed by atoms with van der Waals surface area (Å²) in [5, 5.41) is 0.581. The molecule has 0 aliphatic rings. The van der Waals surface area contributed by atoms with E-state index in [2.05, 4.69) is 13.8 Å². The molecule has 0 aromatic heterocycles. The Balaban J connectivity index is 2.97. The Morgan fingerprint density at radius 3 is 2.20 bits per heavy atom. The van der Waals surface area contributed by atoms with Gasteiger partial charge in [-0.15, -0.1) is 0 Å². The van der Waals surface area contributed by atoms with E-state index in [0.29, 0.717) is 23.0 Å². The maximum Gasteiger partial charge on any atom is 0.224 e. The van der Waals surface area contributed by atoms with E-state index >= 15 is 0 Å². The van der Waals surface area contributed by atoms with Gasteiger partial charge in [0.25, 0.3) is 0 Å². The number of benzene rings is 1. The van der Waals surface area contributed by atoms with Gasteiger partial charge in [-0.05, 0) is 31.4 Å². The standard InChI is InChI=1S/C19H29ClN2O3/c1-6-9-21(10-7-2)19(24)8-11-22(15(4)23)17-12-14(3)16(20)13-18(17)25-5/h12-13H,6-11H2,1-5H3. The zero-order chi connectivity index (χ0) is 19.0. The minimum absolute atomic E-state index is 0.0691. The molecule has 1 aromatic rings. The molecule has 0 aliphatic heterocycles. The molecule has 0 N–H and O–H groups in total. The summed E-state index contributed by atoms with van der Waals surface area (Å²) >= 11 is 6.14. The predicted octanol–water partition coefficient (Wildman–Crippen LogP) is 4.05. The molecule has 0 atom stereocenters. The highest BCUT2D eigenvalue weighted by Crippen LogP contribution is 2.34. The highest BCUT2D eigenvalue weighted by molar-refractivity contribution is 6.31. The Hall–Kier alpha value is -1.75. The summed E-state index contributed by atoms with van der Waals surface area (Å²) in [4.78, 5) is 28.1. The second-order valence-electron chi connectivity index (χ2n) is 6.07. The fourth-order valence-corrected chi connectivity index (χ4v) is 2.89. The van der Waals surface area contributed by atoms with Gasteiger partial charge >= 0.3 is 0 Å². The third-order valence-corrected chi connectivity index (χ3v) is 4.43. The lowest BCUT2D eigenvalue weighted by molar-refractivity contribution is -0.131. The van der Waals surface area contributed by atoms with Gasteiger partial charge in [0.15, 0.2) is 0 Å². The predicted molar refractivity (Wildman–Crippen MR) is 103 cm³/mol. The molecule has 0 fully saturated rings. The topological polar surface area (TPSA) is 49.9 Å². The van der Waals surface area contributed by atoms with Gasteiger partial charge in [-0.1, -0.05) is 25.4 Å². The number of carbonyl (C=O) groups excluding carboxylic acids is 2. The second kappa shape index (κ2) is 10.3. The number of nitrogens with zero attached hydrogens (tertiary/aromatic N) is 2. The van der Waals surface area contributed by atoms with Crippen LogP contribution in [0.4, 0.5) is 5.69 Å². The Morgan fingerprint density at radius 2 is 1.72 bits per heavy atom. The summed E-state index contributed by atoms with van der Waals surface area (Å²) in [7, 11) is 1.54. The van der Waals surface area contributed by atoms with Crippen LogP contribution in [0, 0.1) is 6.92 Å². The van der Waals surface area contributed by atoms with Gasteiger partial charge in [-0.25, -0.2) is 0 Å². The van der Waals surface area contributed by atoms with Crippen molar-refractivity contribution in [2.24, 2.45) is 0 Å². The average Bonchev–Trinajstić information content (AvgIpc) is 2.57. The van der Waals surface area contributed by atoms with E-state index < -0.39 is 0 Å². The monoisotopic (exact) mass is 368 g/mol. The molecule has 6 heteroatoms. The quantitative estimate of drug-likeness (QED) is 0.660. The van der Waals surface area contributed by atoms with Gasteiger partial charge in [0.2, 0.25) is 11.8 Å². The summed E-state index contributed by atoms with van der Waals surface area (Å²) < 4.78 is 5.37. The van der Waals surface area contributed by atoms with E-state index in [-0.39, 0.29) is 18.2 Å². The highest BCUT2D eigenvalue weighted by atomic mass is 35.5. The number of anilines is 1. The van der Waals surface area contributed by atoms with Gasteiger partial charge in [0.05, 0.1) is 12.8 Å². The molecule has 5 nitrogen and oxygen atoms in total. The largest absolute Gasteiger partial charge is 0.495 e. The minimum atomic E-state index is -0.134. The van der Waals surface area contributed by atoms with E-state index in [1.165, 1.54) is 14.0 Å². The average molecular weight is 369 g/mol. The summed E-state index contributed by atoms with van der Waals surface area (Å²) in [5.74, 6) is 0.460. The number of hydrogen-bond donors (Lipinski definition) is 0. The lowest BCUT2D eigenvalue weighted by Crippen LogP contribution is -2.37. The number of ether oxygens (including phenoxy) is 1. The highest BCUT2D eigenvalue weighted by Gasteiger charge is 2.20. The normalized spacial score (nSPS) is 10.5. The molecule has 0 bridgehead atoms. The smallest absolute Gasteiger partial charge is 0.224 e. The van der Waals surface area contributed by atoms with Crippen molar-refractivity contribution in [1.29, 1.82) is 0 Å². The molecule has 0 unspecified atom stereocenters. The molecule has 1 aromatic carbocycles. The van der Waals surface area contributed by atoms with Gasteiger partial charge in [0, 0.05) is 44.1 Å². The second-order valence-corrected chi connectivity index (χ2v) is 6.48. The summed E-state index contributed by atoms with van der Waals surface area (Å²) in [6, 6.07) is 3.52. The maximum absolute atomic E-state index is 12.5. The van der Waals surface area contributed by atoms with Crippen LogP contribution in [0.3, 0.4) is 0 Å². The Bertz CT molecular complexity index is 599. The molecule has 0 saturated carbocycles. The van der Waals surface area contributed by atoms with E-state index in [4.69, 9.17) is 16.3 Å². The first-order chi connectivity index (χ1) is 11.8. The first kappa shape index (κ1) is 21.3. The van der Waals surface area contributed by atoms with Gasteiger partial charge < -0.3 is 14.5 Å². The van der Waals surface area contributed by atoms with Crippen molar-refractivity contribution in [3.8, 4) is 5.75 Å². The lowest BCUT2D eigenvalue weighted by atomic mass is 10.1. The third-order valence-electron chi connectivity index (χ3n) is 4.02.